The highest BCUT2D eigenvalue weighted by Gasteiger charge is 2.52. The number of hydrogen-bond donors (Lipinski definition) is 1. The van der Waals surface area contributed by atoms with E-state index < -0.39 is 5.60 Å². The molecule has 2 aromatic rings. The molecule has 5 nitrogen and oxygen atoms in total. The molecule has 3 heterocycles. The monoisotopic (exact) mass is 339 g/mol. The van der Waals surface area contributed by atoms with Gasteiger partial charge in [-0.3, -0.25) is 4.79 Å². The second-order valence-corrected chi connectivity index (χ2v) is 6.87. The van der Waals surface area contributed by atoms with E-state index in [0.29, 0.717) is 29.4 Å². The molecule has 1 fully saturated rings. The van der Waals surface area contributed by atoms with Crippen LogP contribution in [0.15, 0.2) is 45.7 Å². The molecule has 1 N–H and O–H groups in total. The number of carbonyl (C=O) groups is 1. The minimum atomic E-state index is -1.50. The summed E-state index contributed by atoms with van der Waals surface area (Å²) in [7, 11) is 1.76. The quantitative estimate of drug-likeness (QED) is 0.875. The van der Waals surface area contributed by atoms with Gasteiger partial charge in [-0.1, -0.05) is 12.1 Å². The van der Waals surface area contributed by atoms with Crippen molar-refractivity contribution >= 4 is 39.9 Å². The van der Waals surface area contributed by atoms with Crippen molar-refractivity contribution in [2.75, 3.05) is 18.5 Å². The lowest BCUT2D eigenvalue weighted by atomic mass is 9.90. The van der Waals surface area contributed by atoms with Crippen LogP contribution in [0.5, 0.6) is 0 Å². The minimum absolute atomic E-state index is 0.234. The normalized spacial score (nSPS) is 22.7. The molecule has 1 aromatic heterocycles. The zero-order valence-corrected chi connectivity index (χ0v) is 14.1. The summed E-state index contributed by atoms with van der Waals surface area (Å²) in [5, 5.41) is 13.4. The molecular formula is C18H17N3O2S. The summed E-state index contributed by atoms with van der Waals surface area (Å²) in [6.07, 6.45) is 3.02. The third-order valence-corrected chi connectivity index (χ3v) is 5.36. The lowest BCUT2D eigenvalue weighted by Gasteiger charge is -2.28. The number of aliphatic imine (C=N–C) groups is 2. The van der Waals surface area contributed by atoms with E-state index in [2.05, 4.69) is 9.98 Å². The third-order valence-electron chi connectivity index (χ3n) is 4.55. The smallest absolute Gasteiger partial charge is 0.205 e. The molecule has 1 atom stereocenters. The summed E-state index contributed by atoms with van der Waals surface area (Å²) in [6, 6.07) is 9.82. The molecule has 4 rings (SSSR count). The van der Waals surface area contributed by atoms with Crippen molar-refractivity contribution < 1.29 is 9.90 Å². The highest BCUT2D eigenvalue weighted by Crippen LogP contribution is 2.41. The molecule has 0 saturated carbocycles. The maximum atomic E-state index is 12.7. The summed E-state index contributed by atoms with van der Waals surface area (Å²) >= 11 is 1.42. The van der Waals surface area contributed by atoms with E-state index in [1.807, 2.05) is 40.8 Å². The van der Waals surface area contributed by atoms with Crippen LogP contribution in [0.1, 0.15) is 22.3 Å². The number of rotatable bonds is 3. The van der Waals surface area contributed by atoms with Gasteiger partial charge in [0, 0.05) is 38.3 Å². The number of nitrogens with zero attached hydrogens (tertiary/aromatic N) is 3. The molecule has 0 spiro atoms. The molecule has 0 radical (unpaired) electrons. The van der Waals surface area contributed by atoms with Crippen LogP contribution >= 0.6 is 11.3 Å². The molecule has 0 aliphatic carbocycles. The fourth-order valence-corrected chi connectivity index (χ4v) is 3.98. The number of ketones is 1. The van der Waals surface area contributed by atoms with Gasteiger partial charge in [0.05, 0.1) is 5.56 Å². The van der Waals surface area contributed by atoms with E-state index in [0.717, 1.165) is 12.1 Å². The van der Waals surface area contributed by atoms with Crippen LogP contribution in [-0.4, -0.2) is 42.1 Å². The highest BCUT2D eigenvalue weighted by atomic mass is 32.1. The van der Waals surface area contributed by atoms with Crippen LogP contribution < -0.4 is 4.90 Å². The first-order valence-corrected chi connectivity index (χ1v) is 8.72. The van der Waals surface area contributed by atoms with Gasteiger partial charge >= 0.3 is 0 Å². The van der Waals surface area contributed by atoms with E-state index >= 15 is 0 Å². The van der Waals surface area contributed by atoms with Gasteiger partial charge in [0.1, 0.15) is 5.00 Å². The summed E-state index contributed by atoms with van der Waals surface area (Å²) < 4.78 is 0. The molecule has 0 amide bonds. The Bertz CT molecular complexity index is 853. The number of thiophene rings is 1. The van der Waals surface area contributed by atoms with Crippen molar-refractivity contribution in [1.82, 2.24) is 0 Å². The standard InChI is InChI=1S/C18H17N3O2S/c1-19-9-6-12-2-4-13(5-3-12)21-10-8-18(23)15(22)14-7-11-24-16(14)20-17(18)21/h2-5,7,9,11,23H,6,8,10H2,1H3/b19-9+/t18-/m1/s1. The van der Waals surface area contributed by atoms with Gasteiger partial charge in [0.2, 0.25) is 5.78 Å². The third kappa shape index (κ3) is 2.22. The number of anilines is 1. The maximum Gasteiger partial charge on any atom is 0.205 e. The van der Waals surface area contributed by atoms with Gasteiger partial charge in [-0.25, -0.2) is 4.99 Å². The van der Waals surface area contributed by atoms with Gasteiger partial charge in [-0.05, 0) is 29.1 Å². The van der Waals surface area contributed by atoms with E-state index in [1.54, 1.807) is 13.1 Å². The van der Waals surface area contributed by atoms with Gasteiger partial charge in [0.25, 0.3) is 0 Å². The first-order chi connectivity index (χ1) is 11.6. The van der Waals surface area contributed by atoms with Crippen molar-refractivity contribution in [3.8, 4) is 0 Å². The summed E-state index contributed by atoms with van der Waals surface area (Å²) in [4.78, 5) is 23.2. The summed E-state index contributed by atoms with van der Waals surface area (Å²) in [6.45, 7) is 0.575. The van der Waals surface area contributed by atoms with E-state index in [1.165, 1.54) is 16.9 Å². The molecule has 122 valence electrons. The second kappa shape index (κ2) is 5.65. The SMILES string of the molecule is C/N=C/Cc1ccc(N2CC[C@@]3(O)C(=O)c4ccsc4N=C23)cc1. The van der Waals surface area contributed by atoms with Crippen LogP contribution in [0.2, 0.25) is 0 Å². The van der Waals surface area contributed by atoms with Crippen LogP contribution in [0.25, 0.3) is 0 Å². The zero-order valence-electron chi connectivity index (χ0n) is 13.3. The van der Waals surface area contributed by atoms with Gasteiger partial charge < -0.3 is 15.0 Å². The largest absolute Gasteiger partial charge is 0.374 e. The number of Topliss-reactive ketones (excluding diaryl/α,β-unsaturated/α-hetero) is 1. The van der Waals surface area contributed by atoms with Crippen molar-refractivity contribution in [2.24, 2.45) is 9.98 Å². The van der Waals surface area contributed by atoms with Gasteiger partial charge in [0.15, 0.2) is 11.4 Å². The number of amidine groups is 1. The first kappa shape index (κ1) is 15.2. The van der Waals surface area contributed by atoms with Crippen LogP contribution in [0, 0.1) is 0 Å². The molecule has 0 unspecified atom stereocenters. The van der Waals surface area contributed by atoms with Crippen LogP contribution in [0.3, 0.4) is 0 Å². The van der Waals surface area contributed by atoms with Crippen molar-refractivity contribution in [2.45, 2.75) is 18.4 Å². The zero-order chi connectivity index (χ0) is 16.7. The molecule has 1 aromatic carbocycles. The Hall–Kier alpha value is -2.31. The number of aliphatic hydroxyl groups is 1. The fraction of sp³-hybridized carbons (Fsp3) is 0.278. The molecular weight excluding hydrogens is 322 g/mol. The van der Waals surface area contributed by atoms with Crippen molar-refractivity contribution in [3.63, 3.8) is 0 Å². The van der Waals surface area contributed by atoms with Crippen LogP contribution in [-0.2, 0) is 6.42 Å². The minimum Gasteiger partial charge on any atom is -0.374 e. The molecule has 0 bridgehead atoms. The van der Waals surface area contributed by atoms with Gasteiger partial charge in [-0.2, -0.15) is 0 Å². The molecule has 24 heavy (non-hydrogen) atoms. The lowest BCUT2D eigenvalue weighted by molar-refractivity contribution is 0.0603. The fourth-order valence-electron chi connectivity index (χ4n) is 3.22. The molecule has 2 aliphatic rings. The Kier molecular flexibility index (Phi) is 3.58. The van der Waals surface area contributed by atoms with E-state index in [4.69, 9.17) is 0 Å². The Balaban J connectivity index is 1.70. The Morgan fingerprint density at radius 2 is 2.17 bits per heavy atom. The number of hydrogen-bond acceptors (Lipinski definition) is 6. The Morgan fingerprint density at radius 1 is 1.38 bits per heavy atom. The first-order valence-electron chi connectivity index (χ1n) is 7.84. The highest BCUT2D eigenvalue weighted by molar-refractivity contribution is 7.14. The van der Waals surface area contributed by atoms with E-state index in [-0.39, 0.29) is 5.78 Å². The maximum absolute atomic E-state index is 12.7. The van der Waals surface area contributed by atoms with Gasteiger partial charge in [-0.15, -0.1) is 11.3 Å². The Labute approximate surface area is 144 Å². The second-order valence-electron chi connectivity index (χ2n) is 5.98. The van der Waals surface area contributed by atoms with Crippen LogP contribution in [0.4, 0.5) is 10.7 Å². The summed E-state index contributed by atoms with van der Waals surface area (Å²) in [5.74, 6) is 0.215. The molecule has 1 saturated heterocycles. The predicted octanol–water partition coefficient (Wildman–Crippen LogP) is 2.86. The lowest BCUT2D eigenvalue weighted by Crippen LogP contribution is -2.48. The number of benzene rings is 1. The average Bonchev–Trinajstić information content (AvgIpc) is 3.19. The number of carbonyl (C=O) groups excluding carboxylic acids is 1. The van der Waals surface area contributed by atoms with Crippen molar-refractivity contribution in [1.29, 1.82) is 0 Å². The molecule has 2 aliphatic heterocycles. The Morgan fingerprint density at radius 3 is 2.92 bits per heavy atom. The van der Waals surface area contributed by atoms with Crippen molar-refractivity contribution in [3.05, 3.63) is 46.8 Å². The predicted molar refractivity (Wildman–Crippen MR) is 97.2 cm³/mol. The summed E-state index contributed by atoms with van der Waals surface area (Å²) in [5.41, 5.74) is 1.14. The topological polar surface area (TPSA) is 65.3 Å². The average molecular weight is 339 g/mol. The van der Waals surface area contributed by atoms with E-state index in [9.17, 15) is 9.90 Å². The number of fused-ring (bicyclic) bond motifs is 2. The molecule has 6 heteroatoms.